The molecule has 1 unspecified atom stereocenters. The minimum absolute atomic E-state index is 0.0729. The molecule has 0 aliphatic carbocycles. The van der Waals surface area contributed by atoms with Crippen LogP contribution in [-0.4, -0.2) is 37.2 Å². The van der Waals surface area contributed by atoms with Crippen LogP contribution in [0.4, 0.5) is 0 Å². The first-order valence-corrected chi connectivity index (χ1v) is 34.9. The van der Waals surface area contributed by atoms with E-state index < -0.39 is 6.10 Å². The van der Waals surface area contributed by atoms with E-state index in [9.17, 15) is 14.4 Å². The molecule has 0 aromatic heterocycles. The first-order chi connectivity index (χ1) is 39.5. The zero-order valence-corrected chi connectivity index (χ0v) is 53.3. The maximum Gasteiger partial charge on any atom is 0.306 e. The highest BCUT2D eigenvalue weighted by Gasteiger charge is 2.19. The number of carbonyl (C=O) groups is 3. The molecule has 0 fully saturated rings. The van der Waals surface area contributed by atoms with Gasteiger partial charge in [-0.15, -0.1) is 0 Å². The second kappa shape index (κ2) is 68.3. The van der Waals surface area contributed by atoms with Crippen LogP contribution in [0.5, 0.6) is 0 Å². The molecule has 0 aromatic rings. The Morgan fingerprint density at radius 1 is 0.263 bits per heavy atom. The summed E-state index contributed by atoms with van der Waals surface area (Å²) in [6, 6.07) is 0. The van der Waals surface area contributed by atoms with Gasteiger partial charge in [-0.2, -0.15) is 0 Å². The number of hydrogen-bond donors (Lipinski definition) is 0. The third-order valence-corrected chi connectivity index (χ3v) is 15.4. The van der Waals surface area contributed by atoms with E-state index in [-0.39, 0.29) is 31.1 Å². The Labute approximate surface area is 497 Å². The fourth-order valence-corrected chi connectivity index (χ4v) is 10.2. The normalized spacial score (nSPS) is 12.5. The third kappa shape index (κ3) is 65.7. The molecule has 464 valence electrons. The number of ether oxygens (including phenoxy) is 3. The Hall–Kier alpha value is -3.15. The van der Waals surface area contributed by atoms with Gasteiger partial charge < -0.3 is 14.2 Å². The van der Waals surface area contributed by atoms with Crippen molar-refractivity contribution >= 4 is 17.9 Å². The Morgan fingerprint density at radius 2 is 0.487 bits per heavy atom. The molecule has 0 amide bonds. The van der Waals surface area contributed by atoms with Crippen molar-refractivity contribution in [3.05, 3.63) is 72.9 Å². The summed E-state index contributed by atoms with van der Waals surface area (Å²) < 4.78 is 16.8. The minimum Gasteiger partial charge on any atom is -0.462 e. The van der Waals surface area contributed by atoms with Gasteiger partial charge in [0, 0.05) is 19.3 Å². The van der Waals surface area contributed by atoms with Gasteiger partial charge in [-0.05, 0) is 89.9 Å². The second-order valence-electron chi connectivity index (χ2n) is 23.4. The van der Waals surface area contributed by atoms with Gasteiger partial charge in [-0.3, -0.25) is 14.4 Å². The molecular formula is C74H132O6. The van der Waals surface area contributed by atoms with Crippen LogP contribution in [0.2, 0.25) is 0 Å². The summed E-state index contributed by atoms with van der Waals surface area (Å²) in [6.07, 6.45) is 89.8. The summed E-state index contributed by atoms with van der Waals surface area (Å²) in [5, 5.41) is 0. The molecule has 80 heavy (non-hydrogen) atoms. The van der Waals surface area contributed by atoms with Crippen molar-refractivity contribution in [3.63, 3.8) is 0 Å². The molecule has 0 heterocycles. The lowest BCUT2D eigenvalue weighted by molar-refractivity contribution is -0.167. The third-order valence-electron chi connectivity index (χ3n) is 15.4. The topological polar surface area (TPSA) is 78.9 Å². The van der Waals surface area contributed by atoms with Gasteiger partial charge in [-0.25, -0.2) is 0 Å². The molecular weight excluding hydrogens is 985 g/mol. The Balaban J connectivity index is 3.97. The highest BCUT2D eigenvalue weighted by atomic mass is 16.6. The minimum atomic E-state index is -0.774. The maximum absolute atomic E-state index is 12.9. The lowest BCUT2D eigenvalue weighted by Gasteiger charge is -2.18. The average Bonchev–Trinajstić information content (AvgIpc) is 3.46. The average molecular weight is 1120 g/mol. The highest BCUT2D eigenvalue weighted by molar-refractivity contribution is 5.71. The van der Waals surface area contributed by atoms with Crippen LogP contribution in [0.15, 0.2) is 72.9 Å². The second-order valence-corrected chi connectivity index (χ2v) is 23.4. The van der Waals surface area contributed by atoms with E-state index in [0.29, 0.717) is 19.3 Å². The quantitative estimate of drug-likeness (QED) is 0.0261. The summed E-state index contributed by atoms with van der Waals surface area (Å²) in [7, 11) is 0. The summed E-state index contributed by atoms with van der Waals surface area (Å²) >= 11 is 0. The van der Waals surface area contributed by atoms with Gasteiger partial charge in [0.05, 0.1) is 0 Å². The first-order valence-electron chi connectivity index (χ1n) is 34.9. The maximum atomic E-state index is 12.9. The van der Waals surface area contributed by atoms with Crippen LogP contribution < -0.4 is 0 Å². The fraction of sp³-hybridized carbons (Fsp3) is 0.797. The summed E-state index contributed by atoms with van der Waals surface area (Å²) in [5.74, 6) is -0.870. The first kappa shape index (κ1) is 76.9. The van der Waals surface area contributed by atoms with E-state index in [4.69, 9.17) is 14.2 Å². The monoisotopic (exact) mass is 1120 g/mol. The van der Waals surface area contributed by atoms with Crippen molar-refractivity contribution in [2.45, 2.75) is 367 Å². The lowest BCUT2D eigenvalue weighted by atomic mass is 10.0. The van der Waals surface area contributed by atoms with Gasteiger partial charge in [0.2, 0.25) is 0 Å². The molecule has 0 saturated carbocycles. The molecule has 0 bridgehead atoms. The number of carbonyl (C=O) groups excluding carboxylic acids is 3. The van der Waals surface area contributed by atoms with Gasteiger partial charge >= 0.3 is 17.9 Å². The van der Waals surface area contributed by atoms with Crippen molar-refractivity contribution in [2.24, 2.45) is 0 Å². The van der Waals surface area contributed by atoms with Gasteiger partial charge in [-0.1, -0.05) is 325 Å². The van der Waals surface area contributed by atoms with Gasteiger partial charge in [0.1, 0.15) is 13.2 Å². The molecule has 0 spiro atoms. The van der Waals surface area contributed by atoms with Crippen molar-refractivity contribution < 1.29 is 28.6 Å². The molecule has 0 aliphatic heterocycles. The van der Waals surface area contributed by atoms with Crippen molar-refractivity contribution in [1.82, 2.24) is 0 Å². The van der Waals surface area contributed by atoms with E-state index >= 15 is 0 Å². The molecule has 0 aromatic carbocycles. The van der Waals surface area contributed by atoms with Crippen LogP contribution in [-0.2, 0) is 28.6 Å². The van der Waals surface area contributed by atoms with E-state index in [1.54, 1.807) is 0 Å². The van der Waals surface area contributed by atoms with Crippen LogP contribution in [0, 0.1) is 0 Å². The lowest BCUT2D eigenvalue weighted by Crippen LogP contribution is -2.30. The molecule has 0 saturated heterocycles. The van der Waals surface area contributed by atoms with E-state index in [1.807, 2.05) is 0 Å². The zero-order valence-electron chi connectivity index (χ0n) is 53.3. The molecule has 1 atom stereocenters. The summed E-state index contributed by atoms with van der Waals surface area (Å²) in [4.78, 5) is 38.1. The van der Waals surface area contributed by atoms with Gasteiger partial charge in [0.25, 0.3) is 0 Å². The molecule has 0 N–H and O–H groups in total. The smallest absolute Gasteiger partial charge is 0.306 e. The fourth-order valence-electron chi connectivity index (χ4n) is 10.2. The highest BCUT2D eigenvalue weighted by Crippen LogP contribution is 2.18. The molecule has 6 heteroatoms. The molecule has 0 rings (SSSR count). The van der Waals surface area contributed by atoms with Gasteiger partial charge in [0.15, 0.2) is 6.10 Å². The van der Waals surface area contributed by atoms with Crippen molar-refractivity contribution in [1.29, 1.82) is 0 Å². The Morgan fingerprint density at radius 3 is 0.762 bits per heavy atom. The number of hydrogen-bond acceptors (Lipinski definition) is 6. The van der Waals surface area contributed by atoms with E-state index in [1.165, 1.54) is 231 Å². The largest absolute Gasteiger partial charge is 0.462 e. The van der Waals surface area contributed by atoms with Crippen molar-refractivity contribution in [2.75, 3.05) is 13.2 Å². The molecule has 0 aliphatic rings. The van der Waals surface area contributed by atoms with Crippen molar-refractivity contribution in [3.8, 4) is 0 Å². The number of unbranched alkanes of at least 4 members (excludes halogenated alkanes) is 41. The number of esters is 3. The predicted octanol–water partition coefficient (Wildman–Crippen LogP) is 24.1. The zero-order chi connectivity index (χ0) is 57.8. The van der Waals surface area contributed by atoms with Crippen LogP contribution in [0.3, 0.4) is 0 Å². The number of rotatable bonds is 64. The molecule has 0 radical (unpaired) electrons. The van der Waals surface area contributed by atoms with Crippen LogP contribution >= 0.6 is 0 Å². The van der Waals surface area contributed by atoms with Crippen LogP contribution in [0.1, 0.15) is 361 Å². The predicted molar refractivity (Wildman–Crippen MR) is 348 cm³/mol. The summed E-state index contributed by atoms with van der Waals surface area (Å²) in [5.41, 5.74) is 0. The Bertz CT molecular complexity index is 1470. The van der Waals surface area contributed by atoms with E-state index in [0.717, 1.165) is 89.9 Å². The standard InChI is InChI=1S/C74H132O6/c1-4-7-10-13-16-18-20-22-24-26-28-30-32-33-34-35-36-37-38-39-40-41-43-44-46-48-50-52-54-56-58-61-64-67-73(76)79-70-71(69-78-72(75)66-63-60-15-12-9-6-3)80-74(77)68-65-62-59-57-55-53-51-49-47-45-42-31-29-27-25-23-21-19-17-14-11-8-5-2/h8,11,17,19-20,22-23,25-26,28-29,31,71H,4-7,9-10,12-16,18,21,24,27,30,32-70H2,1-3H3/b11-8-,19-17-,22-20-,25-23-,28-26-,31-29-. The number of allylic oxidation sites excluding steroid dienone is 12. The van der Waals surface area contributed by atoms with Crippen LogP contribution in [0.25, 0.3) is 0 Å². The Kier molecular flexibility index (Phi) is 65.7. The van der Waals surface area contributed by atoms with E-state index in [2.05, 4.69) is 93.7 Å². The summed E-state index contributed by atoms with van der Waals surface area (Å²) in [6.45, 7) is 6.50. The SMILES string of the molecule is CC/C=C\C/C=C\C/C=C\C/C=C\CCCCCCCCCCCCC(=O)OC(COC(=O)CCCCCCCC)COC(=O)CCCCCCCCCCCCCCCCCCCCCCC/C=C\C/C=C\CCCCCCC. The molecule has 6 nitrogen and oxygen atoms in total.